The smallest absolute Gasteiger partial charge is 0.341 e. The molecule has 0 aliphatic heterocycles. The Morgan fingerprint density at radius 1 is 1.44 bits per heavy atom. The van der Waals surface area contributed by atoms with E-state index < -0.39 is 0 Å². The van der Waals surface area contributed by atoms with Gasteiger partial charge in [0.25, 0.3) is 0 Å². The number of nitrogens with zero attached hydrogens (tertiary/aromatic N) is 2. The molecule has 8 heteroatoms. The Morgan fingerprint density at radius 2 is 2.16 bits per heavy atom. The summed E-state index contributed by atoms with van der Waals surface area (Å²) in [5, 5.41) is 10.1. The predicted octanol–water partition coefficient (Wildman–Crippen LogP) is 3.91. The van der Waals surface area contributed by atoms with Gasteiger partial charge >= 0.3 is 5.97 Å². The van der Waals surface area contributed by atoms with Crippen LogP contribution in [0.5, 0.6) is 0 Å². The lowest BCUT2D eigenvalue weighted by molar-refractivity contribution is -0.116. The van der Waals surface area contributed by atoms with Crippen molar-refractivity contribution < 1.29 is 14.3 Å². The van der Waals surface area contributed by atoms with Crippen LogP contribution in [0.25, 0.3) is 0 Å². The number of aromatic nitrogens is 2. The second kappa shape index (κ2) is 7.17. The zero-order chi connectivity index (χ0) is 18.1. The van der Waals surface area contributed by atoms with Gasteiger partial charge in [0, 0.05) is 0 Å². The number of carbonyl (C=O) groups excluding carboxylic acids is 2. The maximum absolute atomic E-state index is 12.4. The summed E-state index contributed by atoms with van der Waals surface area (Å²) in [5.41, 5.74) is 2.90. The number of anilines is 1. The average molecular weight is 382 g/mol. The van der Waals surface area contributed by atoms with E-state index in [9.17, 15) is 9.59 Å². The molecule has 2 aromatic heterocycles. The predicted molar refractivity (Wildman–Crippen MR) is 97.6 cm³/mol. The molecule has 1 aliphatic carbocycles. The standard InChI is InChI=1S/C17H20ClN3O3S/c1-4-24-17(23)14-12(11-5-6-11)8-25-16(14)19-13(22)7-21-10(3)15(18)9(2)20-21/h8,11H,4-7H2,1-3H3,(H,19,22). The summed E-state index contributed by atoms with van der Waals surface area (Å²) in [4.78, 5) is 24.7. The number of nitrogens with one attached hydrogen (secondary N) is 1. The average Bonchev–Trinajstić information content (AvgIpc) is 3.28. The molecule has 6 nitrogen and oxygen atoms in total. The van der Waals surface area contributed by atoms with Crippen LogP contribution in [0, 0.1) is 13.8 Å². The number of rotatable bonds is 6. The van der Waals surface area contributed by atoms with Gasteiger partial charge in [0.2, 0.25) is 5.91 Å². The number of carbonyl (C=O) groups is 2. The summed E-state index contributed by atoms with van der Waals surface area (Å²) < 4.78 is 6.73. The van der Waals surface area contributed by atoms with E-state index in [1.54, 1.807) is 18.5 Å². The summed E-state index contributed by atoms with van der Waals surface area (Å²) >= 11 is 7.48. The highest BCUT2D eigenvalue weighted by Gasteiger charge is 2.32. The fraction of sp³-hybridized carbons (Fsp3) is 0.471. The van der Waals surface area contributed by atoms with Gasteiger partial charge in [-0.2, -0.15) is 5.10 Å². The first-order valence-corrected chi connectivity index (χ1v) is 9.46. The lowest BCUT2D eigenvalue weighted by atomic mass is 10.1. The number of thiophene rings is 1. The molecule has 3 rings (SSSR count). The van der Waals surface area contributed by atoms with Gasteiger partial charge in [0.05, 0.1) is 28.6 Å². The van der Waals surface area contributed by atoms with E-state index in [-0.39, 0.29) is 18.4 Å². The van der Waals surface area contributed by atoms with Crippen LogP contribution in [-0.2, 0) is 16.1 Å². The molecular formula is C17H20ClN3O3S. The van der Waals surface area contributed by atoms with Gasteiger partial charge in [-0.1, -0.05) is 11.6 Å². The third-order valence-electron chi connectivity index (χ3n) is 4.16. The Bertz CT molecular complexity index is 823. The maximum atomic E-state index is 12.4. The van der Waals surface area contributed by atoms with Gasteiger partial charge in [-0.3, -0.25) is 9.48 Å². The summed E-state index contributed by atoms with van der Waals surface area (Å²) in [7, 11) is 0. The Balaban J connectivity index is 1.78. The van der Waals surface area contributed by atoms with Gasteiger partial charge in [-0.05, 0) is 50.5 Å². The minimum atomic E-state index is -0.380. The minimum Gasteiger partial charge on any atom is -0.462 e. The van der Waals surface area contributed by atoms with Gasteiger partial charge in [-0.15, -0.1) is 11.3 Å². The topological polar surface area (TPSA) is 73.2 Å². The first-order chi connectivity index (χ1) is 11.9. The highest BCUT2D eigenvalue weighted by Crippen LogP contribution is 2.46. The molecule has 2 heterocycles. The van der Waals surface area contributed by atoms with E-state index in [1.807, 2.05) is 12.3 Å². The Morgan fingerprint density at radius 3 is 2.72 bits per heavy atom. The number of esters is 1. The van der Waals surface area contributed by atoms with E-state index in [0.717, 1.165) is 24.1 Å². The zero-order valence-electron chi connectivity index (χ0n) is 14.4. The molecule has 0 bridgehead atoms. The minimum absolute atomic E-state index is 0.0400. The van der Waals surface area contributed by atoms with Crippen molar-refractivity contribution in [3.8, 4) is 0 Å². The molecule has 134 valence electrons. The normalized spacial score (nSPS) is 13.8. The number of ether oxygens (including phenoxy) is 1. The highest BCUT2D eigenvalue weighted by molar-refractivity contribution is 7.15. The molecular weight excluding hydrogens is 362 g/mol. The van der Waals surface area contributed by atoms with Crippen LogP contribution < -0.4 is 5.32 Å². The quantitative estimate of drug-likeness (QED) is 0.770. The number of halogens is 1. The molecule has 25 heavy (non-hydrogen) atoms. The summed E-state index contributed by atoms with van der Waals surface area (Å²) in [6.07, 6.45) is 2.14. The number of aryl methyl sites for hydroxylation is 1. The third kappa shape index (κ3) is 3.72. The Kier molecular flexibility index (Phi) is 5.15. The highest BCUT2D eigenvalue weighted by atomic mass is 35.5. The molecule has 2 aromatic rings. The van der Waals surface area contributed by atoms with E-state index in [4.69, 9.17) is 16.3 Å². The molecule has 0 aromatic carbocycles. The Hall–Kier alpha value is -1.86. The van der Waals surface area contributed by atoms with Crippen LogP contribution in [0.1, 0.15) is 53.0 Å². The second-order valence-corrected chi connectivity index (χ2v) is 7.34. The SMILES string of the molecule is CCOC(=O)c1c(C2CC2)csc1NC(=O)Cn1nc(C)c(Cl)c1C. The largest absolute Gasteiger partial charge is 0.462 e. The van der Waals surface area contributed by atoms with Crippen molar-refractivity contribution in [2.45, 2.75) is 46.1 Å². The van der Waals surface area contributed by atoms with Crippen molar-refractivity contribution >= 4 is 39.8 Å². The summed E-state index contributed by atoms with van der Waals surface area (Å²) in [6.45, 7) is 5.72. The van der Waals surface area contributed by atoms with Crippen LogP contribution >= 0.6 is 22.9 Å². The first kappa shape index (κ1) is 17.9. The molecule has 0 spiro atoms. The van der Waals surface area contributed by atoms with Crippen molar-refractivity contribution in [3.05, 3.63) is 32.9 Å². The lowest BCUT2D eigenvalue weighted by Crippen LogP contribution is -2.21. The van der Waals surface area contributed by atoms with E-state index in [0.29, 0.717) is 33.8 Å². The maximum Gasteiger partial charge on any atom is 0.341 e. The molecule has 1 saturated carbocycles. The lowest BCUT2D eigenvalue weighted by Gasteiger charge is -2.09. The molecule has 1 fully saturated rings. The summed E-state index contributed by atoms with van der Waals surface area (Å²) in [5.74, 6) is -0.233. The summed E-state index contributed by atoms with van der Waals surface area (Å²) in [6, 6.07) is 0. The van der Waals surface area contributed by atoms with Crippen molar-refractivity contribution in [3.63, 3.8) is 0 Å². The van der Waals surface area contributed by atoms with Crippen molar-refractivity contribution in [1.82, 2.24) is 9.78 Å². The van der Waals surface area contributed by atoms with Crippen LogP contribution in [0.4, 0.5) is 5.00 Å². The second-order valence-electron chi connectivity index (χ2n) is 6.08. The monoisotopic (exact) mass is 381 g/mol. The van der Waals surface area contributed by atoms with Crippen molar-refractivity contribution in [1.29, 1.82) is 0 Å². The van der Waals surface area contributed by atoms with E-state index >= 15 is 0 Å². The van der Waals surface area contributed by atoms with Crippen LogP contribution in [0.3, 0.4) is 0 Å². The zero-order valence-corrected chi connectivity index (χ0v) is 16.0. The molecule has 0 saturated heterocycles. The van der Waals surface area contributed by atoms with E-state index in [1.165, 1.54) is 11.3 Å². The molecule has 0 radical (unpaired) electrons. The molecule has 1 amide bonds. The van der Waals surface area contributed by atoms with E-state index in [2.05, 4.69) is 10.4 Å². The van der Waals surface area contributed by atoms with Crippen LogP contribution in [0.2, 0.25) is 5.02 Å². The van der Waals surface area contributed by atoms with Gasteiger partial charge in [0.15, 0.2) is 0 Å². The fourth-order valence-electron chi connectivity index (χ4n) is 2.70. The van der Waals surface area contributed by atoms with Gasteiger partial charge in [-0.25, -0.2) is 4.79 Å². The molecule has 0 unspecified atom stereocenters. The van der Waals surface area contributed by atoms with Gasteiger partial charge < -0.3 is 10.1 Å². The Labute approximate surface area is 155 Å². The number of hydrogen-bond donors (Lipinski definition) is 1. The molecule has 1 N–H and O–H groups in total. The number of amides is 1. The third-order valence-corrected chi connectivity index (χ3v) is 5.62. The van der Waals surface area contributed by atoms with Crippen LogP contribution in [0.15, 0.2) is 5.38 Å². The molecule has 1 aliphatic rings. The molecule has 0 atom stereocenters. The first-order valence-electron chi connectivity index (χ1n) is 8.20. The van der Waals surface area contributed by atoms with Gasteiger partial charge in [0.1, 0.15) is 11.5 Å². The van der Waals surface area contributed by atoms with Crippen molar-refractivity contribution in [2.24, 2.45) is 0 Å². The fourth-order valence-corrected chi connectivity index (χ4v) is 3.89. The van der Waals surface area contributed by atoms with Crippen LogP contribution in [-0.4, -0.2) is 28.3 Å². The van der Waals surface area contributed by atoms with Crippen molar-refractivity contribution in [2.75, 3.05) is 11.9 Å². The number of hydrogen-bond acceptors (Lipinski definition) is 5.